The Kier molecular flexibility index (Phi) is 5.41. The average Bonchev–Trinajstić information content (AvgIpc) is 2.68. The maximum Gasteiger partial charge on any atom is 0.337 e. The fourth-order valence-electron chi connectivity index (χ4n) is 2.43. The van der Waals surface area contributed by atoms with E-state index in [9.17, 15) is 9.59 Å². The maximum absolute atomic E-state index is 12.6. The van der Waals surface area contributed by atoms with Gasteiger partial charge in [0.15, 0.2) is 0 Å². The quantitative estimate of drug-likeness (QED) is 0.674. The van der Waals surface area contributed by atoms with Crippen LogP contribution in [-0.2, 0) is 4.74 Å². The SMILES string of the molecule is COC(=O)c1cccc(NC(=O)c2cc(C)nc(Nc3ccccc3)n2)c1. The molecule has 27 heavy (non-hydrogen) atoms. The van der Waals surface area contributed by atoms with Gasteiger partial charge in [0.05, 0.1) is 12.7 Å². The van der Waals surface area contributed by atoms with Gasteiger partial charge >= 0.3 is 5.97 Å². The first kappa shape index (κ1) is 18.1. The molecule has 0 atom stereocenters. The number of amides is 1. The first-order valence-electron chi connectivity index (χ1n) is 8.22. The molecule has 0 spiro atoms. The Morgan fingerprint density at radius 3 is 2.41 bits per heavy atom. The van der Waals surface area contributed by atoms with Gasteiger partial charge in [0.1, 0.15) is 5.69 Å². The molecule has 7 heteroatoms. The third kappa shape index (κ3) is 4.66. The van der Waals surface area contributed by atoms with Crippen LogP contribution in [0.1, 0.15) is 26.5 Å². The van der Waals surface area contributed by atoms with Gasteiger partial charge in [0.2, 0.25) is 5.95 Å². The highest BCUT2D eigenvalue weighted by Gasteiger charge is 2.13. The monoisotopic (exact) mass is 362 g/mol. The predicted octanol–water partition coefficient (Wildman–Crippen LogP) is 3.57. The highest BCUT2D eigenvalue weighted by molar-refractivity contribution is 6.03. The Balaban J connectivity index is 1.80. The van der Waals surface area contributed by atoms with Crippen molar-refractivity contribution < 1.29 is 14.3 Å². The lowest BCUT2D eigenvalue weighted by molar-refractivity contribution is 0.0600. The summed E-state index contributed by atoms with van der Waals surface area (Å²) in [4.78, 5) is 32.8. The Morgan fingerprint density at radius 2 is 1.67 bits per heavy atom. The molecule has 0 fully saturated rings. The zero-order chi connectivity index (χ0) is 19.2. The number of carbonyl (C=O) groups excluding carboxylic acids is 2. The van der Waals surface area contributed by atoms with Gasteiger partial charge in [0, 0.05) is 17.1 Å². The predicted molar refractivity (Wildman–Crippen MR) is 102 cm³/mol. The van der Waals surface area contributed by atoms with E-state index in [2.05, 4.69) is 25.3 Å². The summed E-state index contributed by atoms with van der Waals surface area (Å²) in [5.74, 6) is -0.549. The van der Waals surface area contributed by atoms with E-state index in [0.717, 1.165) is 5.69 Å². The number of methoxy groups -OCH3 is 1. The second-order valence-electron chi connectivity index (χ2n) is 5.74. The number of para-hydroxylation sites is 1. The van der Waals surface area contributed by atoms with Crippen LogP contribution in [-0.4, -0.2) is 29.0 Å². The first-order chi connectivity index (χ1) is 13.0. The molecular weight excluding hydrogens is 344 g/mol. The zero-order valence-electron chi connectivity index (χ0n) is 14.9. The van der Waals surface area contributed by atoms with Crippen molar-refractivity contribution in [1.29, 1.82) is 0 Å². The van der Waals surface area contributed by atoms with E-state index in [1.807, 2.05) is 30.3 Å². The molecule has 0 saturated heterocycles. The summed E-state index contributed by atoms with van der Waals surface area (Å²) in [6, 6.07) is 17.5. The van der Waals surface area contributed by atoms with Crippen LogP contribution in [0.2, 0.25) is 0 Å². The molecule has 2 aromatic carbocycles. The van der Waals surface area contributed by atoms with E-state index >= 15 is 0 Å². The molecule has 1 amide bonds. The van der Waals surface area contributed by atoms with E-state index < -0.39 is 11.9 Å². The van der Waals surface area contributed by atoms with E-state index in [1.165, 1.54) is 7.11 Å². The van der Waals surface area contributed by atoms with E-state index in [4.69, 9.17) is 0 Å². The minimum Gasteiger partial charge on any atom is -0.465 e. The number of anilines is 3. The summed E-state index contributed by atoms with van der Waals surface area (Å²) in [6.45, 7) is 1.78. The Morgan fingerprint density at radius 1 is 0.926 bits per heavy atom. The Hall–Kier alpha value is -3.74. The lowest BCUT2D eigenvalue weighted by Crippen LogP contribution is -2.16. The van der Waals surface area contributed by atoms with Gasteiger partial charge in [0.25, 0.3) is 5.91 Å². The summed E-state index contributed by atoms with van der Waals surface area (Å²) in [5.41, 5.74) is 2.50. The van der Waals surface area contributed by atoms with Crippen molar-refractivity contribution in [1.82, 2.24) is 9.97 Å². The highest BCUT2D eigenvalue weighted by Crippen LogP contribution is 2.16. The zero-order valence-corrected chi connectivity index (χ0v) is 14.9. The van der Waals surface area contributed by atoms with Gasteiger partial charge in [-0.1, -0.05) is 24.3 Å². The summed E-state index contributed by atoms with van der Waals surface area (Å²) in [6.07, 6.45) is 0. The lowest BCUT2D eigenvalue weighted by atomic mass is 10.2. The molecule has 2 N–H and O–H groups in total. The molecule has 0 aliphatic heterocycles. The number of ether oxygens (including phenoxy) is 1. The smallest absolute Gasteiger partial charge is 0.337 e. The molecule has 1 aromatic heterocycles. The summed E-state index contributed by atoms with van der Waals surface area (Å²) in [7, 11) is 1.30. The second-order valence-corrected chi connectivity index (χ2v) is 5.74. The topological polar surface area (TPSA) is 93.2 Å². The third-order valence-electron chi connectivity index (χ3n) is 3.66. The molecule has 0 unspecified atom stereocenters. The number of nitrogens with zero attached hydrogens (tertiary/aromatic N) is 2. The number of benzene rings is 2. The molecule has 7 nitrogen and oxygen atoms in total. The van der Waals surface area contributed by atoms with Crippen molar-refractivity contribution in [3.05, 3.63) is 77.6 Å². The molecular formula is C20H18N4O3. The van der Waals surface area contributed by atoms with Crippen LogP contribution in [0.25, 0.3) is 0 Å². The maximum atomic E-state index is 12.6. The minimum absolute atomic E-state index is 0.212. The van der Waals surface area contributed by atoms with E-state index in [0.29, 0.717) is 22.9 Å². The van der Waals surface area contributed by atoms with Crippen LogP contribution in [0.15, 0.2) is 60.7 Å². The Labute approximate surface area is 156 Å². The summed E-state index contributed by atoms with van der Waals surface area (Å²) < 4.78 is 4.69. The van der Waals surface area contributed by atoms with Crippen LogP contribution in [0.4, 0.5) is 17.3 Å². The number of aryl methyl sites for hydroxylation is 1. The van der Waals surface area contributed by atoms with Crippen molar-refractivity contribution in [3.63, 3.8) is 0 Å². The normalized spacial score (nSPS) is 10.1. The number of rotatable bonds is 5. The molecule has 3 aromatic rings. The van der Waals surface area contributed by atoms with E-state index in [-0.39, 0.29) is 5.69 Å². The van der Waals surface area contributed by atoms with Crippen LogP contribution in [0, 0.1) is 6.92 Å². The number of hydrogen-bond acceptors (Lipinski definition) is 6. The third-order valence-corrected chi connectivity index (χ3v) is 3.66. The number of hydrogen-bond donors (Lipinski definition) is 2. The summed E-state index contributed by atoms with van der Waals surface area (Å²) >= 11 is 0. The van der Waals surface area contributed by atoms with Crippen LogP contribution in [0.5, 0.6) is 0 Å². The fraction of sp³-hybridized carbons (Fsp3) is 0.100. The van der Waals surface area contributed by atoms with Gasteiger partial charge in [-0.3, -0.25) is 4.79 Å². The number of aromatic nitrogens is 2. The van der Waals surface area contributed by atoms with Gasteiger partial charge in [-0.05, 0) is 43.3 Å². The Bertz CT molecular complexity index is 974. The molecule has 3 rings (SSSR count). The van der Waals surface area contributed by atoms with Gasteiger partial charge in [-0.15, -0.1) is 0 Å². The van der Waals surface area contributed by atoms with Gasteiger partial charge < -0.3 is 15.4 Å². The first-order valence-corrected chi connectivity index (χ1v) is 8.22. The van der Waals surface area contributed by atoms with Crippen LogP contribution < -0.4 is 10.6 Å². The van der Waals surface area contributed by atoms with Crippen molar-refractivity contribution in [3.8, 4) is 0 Å². The fourth-order valence-corrected chi connectivity index (χ4v) is 2.43. The number of carbonyl (C=O) groups is 2. The van der Waals surface area contributed by atoms with Crippen molar-refractivity contribution >= 4 is 29.2 Å². The van der Waals surface area contributed by atoms with Crippen LogP contribution >= 0.6 is 0 Å². The van der Waals surface area contributed by atoms with Crippen LogP contribution in [0.3, 0.4) is 0 Å². The molecule has 1 heterocycles. The number of nitrogens with one attached hydrogen (secondary N) is 2. The number of esters is 1. The van der Waals surface area contributed by atoms with E-state index in [1.54, 1.807) is 37.3 Å². The highest BCUT2D eigenvalue weighted by atomic mass is 16.5. The average molecular weight is 362 g/mol. The second kappa shape index (κ2) is 8.09. The largest absolute Gasteiger partial charge is 0.465 e. The van der Waals surface area contributed by atoms with Crippen molar-refractivity contribution in [2.45, 2.75) is 6.92 Å². The molecule has 0 bridgehead atoms. The standard InChI is InChI=1S/C20H18N4O3/c1-13-11-17(24-20(21-13)23-15-8-4-3-5-9-15)18(25)22-16-10-6-7-14(12-16)19(26)27-2/h3-12H,1-2H3,(H,22,25)(H,21,23,24). The molecule has 0 aliphatic rings. The lowest BCUT2D eigenvalue weighted by Gasteiger charge is -2.09. The van der Waals surface area contributed by atoms with Gasteiger partial charge in [-0.2, -0.15) is 0 Å². The molecule has 0 saturated carbocycles. The molecule has 0 radical (unpaired) electrons. The van der Waals surface area contributed by atoms with Crippen molar-refractivity contribution in [2.75, 3.05) is 17.7 Å². The minimum atomic E-state index is -0.474. The molecule has 0 aliphatic carbocycles. The molecule has 136 valence electrons. The summed E-state index contributed by atoms with van der Waals surface area (Å²) in [5, 5.41) is 5.80. The van der Waals surface area contributed by atoms with Crippen molar-refractivity contribution in [2.24, 2.45) is 0 Å². The van der Waals surface area contributed by atoms with Gasteiger partial charge in [-0.25, -0.2) is 14.8 Å².